The van der Waals surface area contributed by atoms with Gasteiger partial charge in [-0.2, -0.15) is 5.10 Å². The van der Waals surface area contributed by atoms with E-state index in [1.807, 2.05) is 18.7 Å². The van der Waals surface area contributed by atoms with Gasteiger partial charge in [0, 0.05) is 18.3 Å². The summed E-state index contributed by atoms with van der Waals surface area (Å²) in [5.74, 6) is -0.680. The SMILES string of the molecule is Cc1cc(SC2CCCC(NC3CC3)(C(=O)O)C2)n(C)n1. The van der Waals surface area contributed by atoms with Crippen LogP contribution >= 0.6 is 11.8 Å². The Labute approximate surface area is 129 Å². The predicted octanol–water partition coefficient (Wildman–Crippen LogP) is 2.34. The number of nitrogens with zero attached hydrogens (tertiary/aromatic N) is 2. The van der Waals surface area contributed by atoms with Gasteiger partial charge in [0.05, 0.1) is 10.7 Å². The minimum atomic E-state index is -0.718. The predicted molar refractivity (Wildman–Crippen MR) is 82.6 cm³/mol. The summed E-state index contributed by atoms with van der Waals surface area (Å²) in [4.78, 5) is 11.8. The summed E-state index contributed by atoms with van der Waals surface area (Å²) in [5.41, 5.74) is 0.293. The molecule has 2 fully saturated rings. The quantitative estimate of drug-likeness (QED) is 0.874. The van der Waals surface area contributed by atoms with Gasteiger partial charge >= 0.3 is 5.97 Å². The molecule has 5 nitrogen and oxygen atoms in total. The van der Waals surface area contributed by atoms with Crippen molar-refractivity contribution in [2.45, 2.75) is 67.3 Å². The lowest BCUT2D eigenvalue weighted by Gasteiger charge is -2.38. The van der Waals surface area contributed by atoms with Crippen molar-refractivity contribution in [1.29, 1.82) is 0 Å². The Balaban J connectivity index is 1.71. The fourth-order valence-electron chi connectivity index (χ4n) is 3.20. The zero-order valence-corrected chi connectivity index (χ0v) is 13.4. The van der Waals surface area contributed by atoms with Gasteiger partial charge in [-0.15, -0.1) is 11.8 Å². The molecule has 0 aliphatic heterocycles. The number of nitrogens with one attached hydrogen (secondary N) is 1. The first-order chi connectivity index (χ1) is 9.98. The monoisotopic (exact) mass is 309 g/mol. The van der Waals surface area contributed by atoms with E-state index in [1.165, 1.54) is 0 Å². The molecule has 0 radical (unpaired) electrons. The van der Waals surface area contributed by atoms with Crippen LogP contribution < -0.4 is 5.32 Å². The summed E-state index contributed by atoms with van der Waals surface area (Å²) < 4.78 is 1.89. The minimum absolute atomic E-state index is 0.343. The fraction of sp³-hybridized carbons (Fsp3) is 0.733. The van der Waals surface area contributed by atoms with Crippen LogP contribution in [0.15, 0.2) is 11.1 Å². The third kappa shape index (κ3) is 3.26. The Morgan fingerprint density at radius 2 is 2.29 bits per heavy atom. The number of carboxylic acid groups (broad SMARTS) is 1. The Kier molecular flexibility index (Phi) is 4.01. The van der Waals surface area contributed by atoms with Gasteiger partial charge in [-0.1, -0.05) is 0 Å². The van der Waals surface area contributed by atoms with Crippen molar-refractivity contribution in [3.8, 4) is 0 Å². The van der Waals surface area contributed by atoms with Crippen molar-refractivity contribution in [3.05, 3.63) is 11.8 Å². The number of hydrogen-bond acceptors (Lipinski definition) is 4. The highest BCUT2D eigenvalue weighted by molar-refractivity contribution is 7.99. The zero-order chi connectivity index (χ0) is 15.0. The molecule has 2 atom stereocenters. The molecule has 2 saturated carbocycles. The van der Waals surface area contributed by atoms with Gasteiger partial charge in [0.2, 0.25) is 0 Å². The smallest absolute Gasteiger partial charge is 0.323 e. The van der Waals surface area contributed by atoms with Crippen molar-refractivity contribution in [3.63, 3.8) is 0 Å². The molecule has 1 heterocycles. The molecule has 2 aliphatic carbocycles. The first-order valence-electron chi connectivity index (χ1n) is 7.67. The van der Waals surface area contributed by atoms with E-state index in [0.29, 0.717) is 17.7 Å². The highest BCUT2D eigenvalue weighted by Crippen LogP contribution is 2.40. The Morgan fingerprint density at radius 3 is 2.86 bits per heavy atom. The molecule has 3 rings (SSSR count). The van der Waals surface area contributed by atoms with E-state index >= 15 is 0 Å². The zero-order valence-electron chi connectivity index (χ0n) is 12.6. The van der Waals surface area contributed by atoms with Gasteiger partial charge in [-0.05, 0) is 51.5 Å². The summed E-state index contributed by atoms with van der Waals surface area (Å²) in [6.07, 6.45) is 5.74. The van der Waals surface area contributed by atoms with Crippen molar-refractivity contribution in [2.75, 3.05) is 0 Å². The lowest BCUT2D eigenvalue weighted by atomic mass is 9.81. The summed E-state index contributed by atoms with van der Waals surface area (Å²) in [5, 5.41) is 19.0. The molecule has 2 aliphatic rings. The second kappa shape index (κ2) is 5.65. The number of carboxylic acids is 1. The van der Waals surface area contributed by atoms with Crippen molar-refractivity contribution < 1.29 is 9.90 Å². The summed E-state index contributed by atoms with van der Waals surface area (Å²) in [6.45, 7) is 1.99. The van der Waals surface area contributed by atoms with Crippen LogP contribution in [-0.4, -0.2) is 37.7 Å². The van der Waals surface area contributed by atoms with Gasteiger partial charge < -0.3 is 5.11 Å². The number of thioether (sulfide) groups is 1. The highest BCUT2D eigenvalue weighted by Gasteiger charge is 2.46. The number of aliphatic carboxylic acids is 1. The van der Waals surface area contributed by atoms with Gasteiger partial charge in [-0.3, -0.25) is 14.8 Å². The van der Waals surface area contributed by atoms with Gasteiger partial charge in [-0.25, -0.2) is 0 Å². The van der Waals surface area contributed by atoms with E-state index in [2.05, 4.69) is 16.5 Å². The maximum Gasteiger partial charge on any atom is 0.323 e. The molecule has 2 unspecified atom stereocenters. The molecule has 0 saturated heterocycles. The second-order valence-electron chi connectivity index (χ2n) is 6.39. The van der Waals surface area contributed by atoms with Gasteiger partial charge in [0.15, 0.2) is 0 Å². The standard InChI is InChI=1S/C15H23N3O2S/c1-10-8-13(18(2)17-10)21-12-4-3-7-15(9-12,14(19)20)16-11-5-6-11/h8,11-12,16H,3-7,9H2,1-2H3,(H,19,20). The average molecular weight is 309 g/mol. The van der Waals surface area contributed by atoms with Crippen molar-refractivity contribution in [1.82, 2.24) is 15.1 Å². The molecule has 1 aromatic heterocycles. The average Bonchev–Trinajstić information content (AvgIpc) is 3.16. The molecule has 116 valence electrons. The molecule has 1 aromatic rings. The van der Waals surface area contributed by atoms with Crippen LogP contribution in [0, 0.1) is 6.92 Å². The molecule has 0 bridgehead atoms. The number of aryl methyl sites for hydroxylation is 2. The number of carbonyl (C=O) groups is 1. The molecular formula is C15H23N3O2S. The normalized spacial score (nSPS) is 29.5. The first-order valence-corrected chi connectivity index (χ1v) is 8.55. The summed E-state index contributed by atoms with van der Waals surface area (Å²) in [7, 11) is 1.95. The second-order valence-corrected chi connectivity index (χ2v) is 7.71. The number of hydrogen-bond donors (Lipinski definition) is 2. The van der Waals surface area contributed by atoms with E-state index in [-0.39, 0.29) is 0 Å². The Bertz CT molecular complexity index is 541. The first kappa shape index (κ1) is 14.9. The van der Waals surface area contributed by atoms with Gasteiger partial charge in [0.1, 0.15) is 5.54 Å². The minimum Gasteiger partial charge on any atom is -0.480 e. The largest absolute Gasteiger partial charge is 0.480 e. The van der Waals surface area contributed by atoms with Crippen LogP contribution in [0.4, 0.5) is 0 Å². The van der Waals surface area contributed by atoms with Crippen LogP contribution in [-0.2, 0) is 11.8 Å². The molecule has 21 heavy (non-hydrogen) atoms. The van der Waals surface area contributed by atoms with E-state index in [0.717, 1.165) is 42.8 Å². The van der Waals surface area contributed by atoms with Crippen molar-refractivity contribution in [2.24, 2.45) is 7.05 Å². The van der Waals surface area contributed by atoms with Crippen LogP contribution in [0.2, 0.25) is 0 Å². The topological polar surface area (TPSA) is 67.2 Å². The van der Waals surface area contributed by atoms with E-state index in [9.17, 15) is 9.90 Å². The van der Waals surface area contributed by atoms with E-state index in [1.54, 1.807) is 11.8 Å². The molecule has 0 amide bonds. The van der Waals surface area contributed by atoms with E-state index in [4.69, 9.17) is 0 Å². The molecular weight excluding hydrogens is 286 g/mol. The van der Waals surface area contributed by atoms with Crippen LogP contribution in [0.5, 0.6) is 0 Å². The maximum absolute atomic E-state index is 11.8. The summed E-state index contributed by atoms with van der Waals surface area (Å²) >= 11 is 1.78. The Morgan fingerprint density at radius 1 is 1.52 bits per heavy atom. The maximum atomic E-state index is 11.8. The molecule has 2 N–H and O–H groups in total. The van der Waals surface area contributed by atoms with Crippen LogP contribution in [0.3, 0.4) is 0 Å². The van der Waals surface area contributed by atoms with Gasteiger partial charge in [0.25, 0.3) is 0 Å². The Hall–Kier alpha value is -1.01. The fourth-order valence-corrected chi connectivity index (χ4v) is 4.62. The molecule has 6 heteroatoms. The molecule has 0 aromatic carbocycles. The lowest BCUT2D eigenvalue weighted by Crippen LogP contribution is -2.56. The molecule has 0 spiro atoms. The van der Waals surface area contributed by atoms with Crippen LogP contribution in [0.25, 0.3) is 0 Å². The third-order valence-corrected chi connectivity index (χ3v) is 5.78. The lowest BCUT2D eigenvalue weighted by molar-refractivity contribution is -0.146. The van der Waals surface area contributed by atoms with Crippen LogP contribution in [0.1, 0.15) is 44.2 Å². The summed E-state index contributed by atoms with van der Waals surface area (Å²) in [6, 6.07) is 2.50. The number of rotatable bonds is 5. The highest BCUT2D eigenvalue weighted by atomic mass is 32.2. The third-order valence-electron chi connectivity index (χ3n) is 4.42. The van der Waals surface area contributed by atoms with Crippen molar-refractivity contribution >= 4 is 17.7 Å². The number of aromatic nitrogens is 2. The van der Waals surface area contributed by atoms with E-state index < -0.39 is 11.5 Å².